The summed E-state index contributed by atoms with van der Waals surface area (Å²) < 4.78 is 11.3. The topological polar surface area (TPSA) is 64.5 Å². The average Bonchev–Trinajstić information content (AvgIpc) is 2.64. The summed E-state index contributed by atoms with van der Waals surface area (Å²) in [5.41, 5.74) is 1.38. The van der Waals surface area contributed by atoms with Crippen LogP contribution in [0.15, 0.2) is 54.7 Å². The second-order valence-corrected chi connectivity index (χ2v) is 6.08. The number of para-hydroxylation sites is 1. The molecule has 1 aromatic carbocycles. The maximum atomic E-state index is 12.6. The van der Waals surface area contributed by atoms with E-state index in [1.165, 1.54) is 0 Å². The summed E-state index contributed by atoms with van der Waals surface area (Å²) in [6.07, 6.45) is 1.56. The molecular weight excluding hydrogens is 330 g/mol. The first-order valence-corrected chi connectivity index (χ1v) is 8.64. The Labute approximate surface area is 151 Å². The largest absolute Gasteiger partial charge is 0.477 e. The summed E-state index contributed by atoms with van der Waals surface area (Å²) >= 11 is 0. The highest BCUT2D eigenvalue weighted by Crippen LogP contribution is 2.23. The number of aromatic nitrogens is 2. The van der Waals surface area contributed by atoms with Crippen molar-refractivity contribution in [2.24, 2.45) is 0 Å². The zero-order valence-corrected chi connectivity index (χ0v) is 14.5. The van der Waals surface area contributed by atoms with Crippen LogP contribution in [0.1, 0.15) is 17.3 Å². The third kappa shape index (κ3) is 3.18. The van der Waals surface area contributed by atoms with E-state index in [0.717, 1.165) is 10.9 Å². The first-order valence-electron chi connectivity index (χ1n) is 8.64. The smallest absolute Gasteiger partial charge is 0.259 e. The molecule has 1 saturated heterocycles. The lowest BCUT2D eigenvalue weighted by atomic mass is 10.1. The Morgan fingerprint density at radius 2 is 2.00 bits per heavy atom. The van der Waals surface area contributed by atoms with E-state index in [-0.39, 0.29) is 12.0 Å². The number of hydrogen-bond acceptors (Lipinski definition) is 5. The van der Waals surface area contributed by atoms with E-state index in [1.807, 2.05) is 43.3 Å². The Bertz CT molecular complexity index is 938. The maximum absolute atomic E-state index is 12.6. The van der Waals surface area contributed by atoms with E-state index in [9.17, 15) is 4.79 Å². The van der Waals surface area contributed by atoms with Crippen LogP contribution in [0.3, 0.4) is 0 Å². The second kappa shape index (κ2) is 7.00. The maximum Gasteiger partial charge on any atom is 0.259 e. The van der Waals surface area contributed by atoms with Gasteiger partial charge >= 0.3 is 0 Å². The molecule has 0 spiro atoms. The van der Waals surface area contributed by atoms with Crippen LogP contribution in [0.5, 0.6) is 11.8 Å². The van der Waals surface area contributed by atoms with Crippen LogP contribution in [-0.4, -0.2) is 46.6 Å². The normalized spacial score (nSPS) is 14.1. The molecule has 3 heterocycles. The molecule has 2 aromatic heterocycles. The molecule has 0 aliphatic carbocycles. The molecule has 0 N–H and O–H groups in total. The Morgan fingerprint density at radius 1 is 1.15 bits per heavy atom. The van der Waals surface area contributed by atoms with Crippen molar-refractivity contribution in [3.05, 3.63) is 60.3 Å². The van der Waals surface area contributed by atoms with Crippen molar-refractivity contribution >= 4 is 16.8 Å². The van der Waals surface area contributed by atoms with Crippen LogP contribution >= 0.6 is 0 Å². The van der Waals surface area contributed by atoms with Gasteiger partial charge in [-0.1, -0.05) is 18.2 Å². The van der Waals surface area contributed by atoms with Gasteiger partial charge in [-0.05, 0) is 31.2 Å². The zero-order chi connectivity index (χ0) is 17.9. The molecule has 0 atom stereocenters. The zero-order valence-electron chi connectivity index (χ0n) is 14.5. The first kappa shape index (κ1) is 16.3. The van der Waals surface area contributed by atoms with Crippen molar-refractivity contribution in [2.75, 3.05) is 19.7 Å². The van der Waals surface area contributed by atoms with Gasteiger partial charge in [0.1, 0.15) is 11.7 Å². The van der Waals surface area contributed by atoms with Crippen molar-refractivity contribution in [3.63, 3.8) is 0 Å². The van der Waals surface area contributed by atoms with Crippen molar-refractivity contribution in [1.29, 1.82) is 0 Å². The molecule has 4 rings (SSSR count). The summed E-state index contributed by atoms with van der Waals surface area (Å²) in [5.74, 6) is 0.866. The number of ether oxygens (including phenoxy) is 2. The predicted molar refractivity (Wildman–Crippen MR) is 97.5 cm³/mol. The van der Waals surface area contributed by atoms with Gasteiger partial charge in [0.2, 0.25) is 11.8 Å². The summed E-state index contributed by atoms with van der Waals surface area (Å²) in [6, 6.07) is 15.2. The van der Waals surface area contributed by atoms with E-state index in [0.29, 0.717) is 37.0 Å². The Balaban J connectivity index is 1.39. The van der Waals surface area contributed by atoms with E-state index < -0.39 is 0 Å². The van der Waals surface area contributed by atoms with Gasteiger partial charge in [0.25, 0.3) is 5.91 Å². The molecule has 3 aromatic rings. The quantitative estimate of drug-likeness (QED) is 0.709. The lowest BCUT2D eigenvalue weighted by Gasteiger charge is -2.38. The van der Waals surface area contributed by atoms with Gasteiger partial charge < -0.3 is 14.4 Å². The molecule has 1 aliphatic rings. The monoisotopic (exact) mass is 349 g/mol. The molecule has 1 aliphatic heterocycles. The Morgan fingerprint density at radius 3 is 2.85 bits per heavy atom. The fourth-order valence-electron chi connectivity index (χ4n) is 2.94. The van der Waals surface area contributed by atoms with Gasteiger partial charge in [-0.3, -0.25) is 4.79 Å². The number of fused-ring (bicyclic) bond motifs is 1. The van der Waals surface area contributed by atoms with Crippen LogP contribution < -0.4 is 9.47 Å². The van der Waals surface area contributed by atoms with Crippen molar-refractivity contribution in [2.45, 2.75) is 13.0 Å². The fraction of sp³-hybridized carbons (Fsp3) is 0.250. The molecule has 1 amide bonds. The third-order valence-corrected chi connectivity index (χ3v) is 4.28. The lowest BCUT2D eigenvalue weighted by molar-refractivity contribution is 0.0158. The van der Waals surface area contributed by atoms with Crippen LogP contribution in [0.2, 0.25) is 0 Å². The molecule has 6 nitrogen and oxygen atoms in total. The number of carbonyl (C=O) groups is 1. The van der Waals surface area contributed by atoms with Crippen molar-refractivity contribution in [3.8, 4) is 11.8 Å². The number of hydrogen-bond donors (Lipinski definition) is 0. The van der Waals surface area contributed by atoms with Crippen LogP contribution in [0.4, 0.5) is 0 Å². The van der Waals surface area contributed by atoms with Gasteiger partial charge in [0, 0.05) is 17.6 Å². The lowest BCUT2D eigenvalue weighted by Crippen LogP contribution is -2.56. The molecule has 132 valence electrons. The van der Waals surface area contributed by atoms with E-state index >= 15 is 0 Å². The molecule has 26 heavy (non-hydrogen) atoms. The highest BCUT2D eigenvalue weighted by atomic mass is 16.5. The summed E-state index contributed by atoms with van der Waals surface area (Å²) in [4.78, 5) is 23.0. The second-order valence-electron chi connectivity index (χ2n) is 6.08. The highest BCUT2D eigenvalue weighted by molar-refractivity contribution is 5.96. The molecule has 6 heteroatoms. The SMILES string of the molecule is CCOc1ncccc1C(=O)N1CC(Oc2ccc3ccccc3n2)C1. The van der Waals surface area contributed by atoms with Gasteiger partial charge in [-0.2, -0.15) is 0 Å². The minimum atomic E-state index is -0.0899. The van der Waals surface area contributed by atoms with E-state index in [1.54, 1.807) is 23.2 Å². The summed E-state index contributed by atoms with van der Waals surface area (Å²) in [5, 5.41) is 1.07. The van der Waals surface area contributed by atoms with Crippen LogP contribution in [-0.2, 0) is 0 Å². The first-order chi connectivity index (χ1) is 12.7. The van der Waals surface area contributed by atoms with Gasteiger partial charge in [-0.15, -0.1) is 0 Å². The number of pyridine rings is 2. The highest BCUT2D eigenvalue weighted by Gasteiger charge is 2.34. The molecule has 1 fully saturated rings. The molecule has 0 unspecified atom stereocenters. The fourth-order valence-corrected chi connectivity index (χ4v) is 2.94. The molecule has 0 bridgehead atoms. The average molecular weight is 349 g/mol. The van der Waals surface area contributed by atoms with Gasteiger partial charge in [0.05, 0.1) is 25.2 Å². The number of likely N-dealkylation sites (tertiary alicyclic amines) is 1. The van der Waals surface area contributed by atoms with E-state index in [2.05, 4.69) is 9.97 Å². The third-order valence-electron chi connectivity index (χ3n) is 4.28. The van der Waals surface area contributed by atoms with Crippen LogP contribution in [0.25, 0.3) is 10.9 Å². The van der Waals surface area contributed by atoms with Crippen molar-refractivity contribution in [1.82, 2.24) is 14.9 Å². The van der Waals surface area contributed by atoms with Crippen LogP contribution in [0, 0.1) is 0 Å². The number of amides is 1. The number of nitrogens with zero attached hydrogens (tertiary/aromatic N) is 3. The standard InChI is InChI=1S/C20H19N3O3/c1-2-25-19-16(7-5-11-21-19)20(24)23-12-15(13-23)26-18-10-9-14-6-3-4-8-17(14)22-18/h3-11,15H,2,12-13H2,1H3. The number of carbonyl (C=O) groups excluding carboxylic acids is 1. The van der Waals surface area contributed by atoms with Gasteiger partial charge in [-0.25, -0.2) is 9.97 Å². The summed E-state index contributed by atoms with van der Waals surface area (Å²) in [6.45, 7) is 3.38. The minimum absolute atomic E-state index is 0.0557. The van der Waals surface area contributed by atoms with Crippen molar-refractivity contribution < 1.29 is 14.3 Å². The number of rotatable bonds is 5. The molecular formula is C20H19N3O3. The number of benzene rings is 1. The Kier molecular flexibility index (Phi) is 4.39. The molecule has 0 radical (unpaired) electrons. The molecule has 0 saturated carbocycles. The predicted octanol–water partition coefficient (Wildman–Crippen LogP) is 2.93. The minimum Gasteiger partial charge on any atom is -0.477 e. The van der Waals surface area contributed by atoms with E-state index in [4.69, 9.17) is 9.47 Å². The summed E-state index contributed by atoms with van der Waals surface area (Å²) in [7, 11) is 0. The van der Waals surface area contributed by atoms with Gasteiger partial charge in [0.15, 0.2) is 0 Å². The Hall–Kier alpha value is -3.15.